The first-order valence-corrected chi connectivity index (χ1v) is 6.97. The van der Waals surface area contributed by atoms with Crippen LogP contribution in [0.25, 0.3) is 0 Å². The lowest BCUT2D eigenvalue weighted by Gasteiger charge is -2.11. The van der Waals surface area contributed by atoms with Crippen molar-refractivity contribution in [1.29, 1.82) is 0 Å². The largest absolute Gasteiger partial charge is 0.238 e. The summed E-state index contributed by atoms with van der Waals surface area (Å²) in [5.74, 6) is 0. The minimum absolute atomic E-state index is 0.579. The van der Waals surface area contributed by atoms with Crippen LogP contribution in [-0.4, -0.2) is 13.2 Å². The van der Waals surface area contributed by atoms with Crippen LogP contribution in [-0.2, 0) is 9.05 Å². The predicted octanol–water partition coefficient (Wildman–Crippen LogP) is 2.59. The Kier molecular flexibility index (Phi) is 2.19. The van der Waals surface area contributed by atoms with Gasteiger partial charge in [0, 0.05) is 10.7 Å². The maximum Gasteiger partial charge on any atom is 0.238 e. The van der Waals surface area contributed by atoms with Crippen molar-refractivity contribution in [2.75, 3.05) is 0 Å². The third-order valence-corrected chi connectivity index (χ3v) is 5.58. The summed E-state index contributed by atoms with van der Waals surface area (Å²) < 4.78 is 21.9. The first-order valence-electron chi connectivity index (χ1n) is 4.66. The topological polar surface area (TPSA) is 34.1 Å². The molecule has 1 fully saturated rings. The van der Waals surface area contributed by atoms with E-state index in [0.29, 0.717) is 6.42 Å². The van der Waals surface area contributed by atoms with Crippen LogP contribution in [0.5, 0.6) is 0 Å². The van der Waals surface area contributed by atoms with Crippen molar-refractivity contribution in [2.45, 2.75) is 43.3 Å². The first-order chi connectivity index (χ1) is 6.04. The Labute approximate surface area is 83.4 Å². The van der Waals surface area contributed by atoms with Gasteiger partial charge in [-0.15, -0.1) is 0 Å². The summed E-state index contributed by atoms with van der Waals surface area (Å²) in [4.78, 5) is 0. The fourth-order valence-corrected chi connectivity index (χ4v) is 3.53. The van der Waals surface area contributed by atoms with Gasteiger partial charge in [-0.25, -0.2) is 8.42 Å². The third kappa shape index (κ3) is 1.77. The highest BCUT2D eigenvalue weighted by Crippen LogP contribution is 2.51. The fraction of sp³-hybridized carbons (Fsp3) is 0.778. The molecule has 4 heteroatoms. The summed E-state index contributed by atoms with van der Waals surface area (Å²) in [7, 11) is 2.06. The quantitative estimate of drug-likeness (QED) is 0.541. The molecule has 2 nitrogen and oxygen atoms in total. The molecule has 0 N–H and O–H groups in total. The summed E-state index contributed by atoms with van der Waals surface area (Å²) in [6.07, 6.45) is 7.68. The molecule has 0 aliphatic heterocycles. The smallest absolute Gasteiger partial charge is 0.212 e. The molecule has 0 radical (unpaired) electrons. The van der Waals surface area contributed by atoms with Crippen LogP contribution in [0.1, 0.15) is 38.5 Å². The zero-order valence-electron chi connectivity index (χ0n) is 7.42. The van der Waals surface area contributed by atoms with E-state index in [1.165, 1.54) is 12.0 Å². The highest BCUT2D eigenvalue weighted by atomic mass is 35.7. The highest BCUT2D eigenvalue weighted by Gasteiger charge is 2.53. The van der Waals surface area contributed by atoms with Gasteiger partial charge < -0.3 is 0 Å². The second kappa shape index (κ2) is 2.99. The molecule has 0 heterocycles. The number of halogens is 1. The average Bonchev–Trinajstić information content (AvgIpc) is 2.59. The monoisotopic (exact) mass is 220 g/mol. The molecule has 0 aromatic heterocycles. The Bertz CT molecular complexity index is 339. The van der Waals surface area contributed by atoms with Crippen molar-refractivity contribution in [3.05, 3.63) is 11.6 Å². The lowest BCUT2D eigenvalue weighted by molar-refractivity contribution is 0.588. The second-order valence-electron chi connectivity index (χ2n) is 4.05. The zero-order chi connectivity index (χ0) is 9.53. The molecule has 0 bridgehead atoms. The first kappa shape index (κ1) is 9.53. The van der Waals surface area contributed by atoms with Crippen LogP contribution in [0.3, 0.4) is 0 Å². The summed E-state index contributed by atoms with van der Waals surface area (Å²) in [6.45, 7) is 0. The Morgan fingerprint density at radius 3 is 2.54 bits per heavy atom. The summed E-state index contributed by atoms with van der Waals surface area (Å²) in [5.41, 5.74) is 1.29. The van der Waals surface area contributed by atoms with Crippen molar-refractivity contribution in [1.82, 2.24) is 0 Å². The molecule has 2 aliphatic carbocycles. The molecule has 2 aliphatic rings. The van der Waals surface area contributed by atoms with Crippen LogP contribution < -0.4 is 0 Å². The Balaban J connectivity index is 2.10. The SMILES string of the molecule is O=S(=O)(Cl)C1(CC2=CCCC2)CC1. The van der Waals surface area contributed by atoms with Crippen LogP contribution in [0, 0.1) is 0 Å². The fourth-order valence-electron chi connectivity index (χ4n) is 1.96. The maximum atomic E-state index is 11.2. The van der Waals surface area contributed by atoms with E-state index in [1.807, 2.05) is 0 Å². The Morgan fingerprint density at radius 1 is 1.46 bits per heavy atom. The molecular weight excluding hydrogens is 208 g/mol. The van der Waals surface area contributed by atoms with E-state index in [9.17, 15) is 8.42 Å². The van der Waals surface area contributed by atoms with Gasteiger partial charge in [-0.1, -0.05) is 11.6 Å². The summed E-state index contributed by atoms with van der Waals surface area (Å²) in [5, 5.41) is 0. The molecule has 2 rings (SSSR count). The number of hydrogen-bond donors (Lipinski definition) is 0. The van der Waals surface area contributed by atoms with E-state index >= 15 is 0 Å². The number of hydrogen-bond acceptors (Lipinski definition) is 2. The van der Waals surface area contributed by atoms with Gasteiger partial charge in [0.2, 0.25) is 9.05 Å². The van der Waals surface area contributed by atoms with Gasteiger partial charge in [-0.3, -0.25) is 0 Å². The van der Waals surface area contributed by atoms with Crippen LogP contribution in [0.4, 0.5) is 0 Å². The van der Waals surface area contributed by atoms with Crippen molar-refractivity contribution in [3.8, 4) is 0 Å². The molecule has 74 valence electrons. The third-order valence-electron chi connectivity index (χ3n) is 3.01. The van der Waals surface area contributed by atoms with Crippen molar-refractivity contribution in [3.63, 3.8) is 0 Å². The van der Waals surface area contributed by atoms with E-state index in [0.717, 1.165) is 25.7 Å². The van der Waals surface area contributed by atoms with Gasteiger partial charge >= 0.3 is 0 Å². The minimum atomic E-state index is -3.35. The molecular formula is C9H13ClO2S. The normalized spacial score (nSPS) is 25.8. The Morgan fingerprint density at radius 2 is 2.15 bits per heavy atom. The van der Waals surface area contributed by atoms with Crippen molar-refractivity contribution < 1.29 is 8.42 Å². The molecule has 0 aromatic rings. The second-order valence-corrected chi connectivity index (χ2v) is 7.01. The van der Waals surface area contributed by atoms with Gasteiger partial charge in [-0.2, -0.15) is 0 Å². The molecule has 13 heavy (non-hydrogen) atoms. The number of rotatable bonds is 3. The van der Waals surface area contributed by atoms with Gasteiger partial charge in [0.25, 0.3) is 0 Å². The molecule has 0 unspecified atom stereocenters. The van der Waals surface area contributed by atoms with Crippen molar-refractivity contribution >= 4 is 19.7 Å². The molecule has 0 aromatic carbocycles. The van der Waals surface area contributed by atoms with Gasteiger partial charge in [-0.05, 0) is 38.5 Å². The minimum Gasteiger partial charge on any atom is -0.212 e. The van der Waals surface area contributed by atoms with E-state index in [-0.39, 0.29) is 0 Å². The van der Waals surface area contributed by atoms with E-state index in [2.05, 4.69) is 6.08 Å². The Hall–Kier alpha value is -0.0200. The lowest BCUT2D eigenvalue weighted by atomic mass is 10.1. The van der Waals surface area contributed by atoms with Gasteiger partial charge in [0.1, 0.15) is 0 Å². The number of allylic oxidation sites excluding steroid dienone is 2. The van der Waals surface area contributed by atoms with E-state index in [4.69, 9.17) is 10.7 Å². The van der Waals surface area contributed by atoms with Crippen LogP contribution in [0.15, 0.2) is 11.6 Å². The highest BCUT2D eigenvalue weighted by molar-refractivity contribution is 8.15. The zero-order valence-corrected chi connectivity index (χ0v) is 9.00. The molecule has 0 spiro atoms. The molecule has 0 saturated heterocycles. The molecule has 0 atom stereocenters. The summed E-state index contributed by atoms with van der Waals surface area (Å²) in [6, 6.07) is 0. The summed E-state index contributed by atoms with van der Waals surface area (Å²) >= 11 is 0. The standard InChI is InChI=1S/C9H13ClO2S/c10-13(11,12)9(5-6-9)7-8-3-1-2-4-8/h3H,1-2,4-7H2. The van der Waals surface area contributed by atoms with E-state index < -0.39 is 13.8 Å². The van der Waals surface area contributed by atoms with Gasteiger partial charge in [0.15, 0.2) is 0 Å². The van der Waals surface area contributed by atoms with Crippen LogP contribution >= 0.6 is 10.7 Å². The van der Waals surface area contributed by atoms with Gasteiger partial charge in [0.05, 0.1) is 4.75 Å². The average molecular weight is 221 g/mol. The van der Waals surface area contributed by atoms with E-state index in [1.54, 1.807) is 0 Å². The molecule has 1 saturated carbocycles. The van der Waals surface area contributed by atoms with Crippen LogP contribution in [0.2, 0.25) is 0 Å². The predicted molar refractivity (Wildman–Crippen MR) is 53.3 cm³/mol. The maximum absolute atomic E-state index is 11.2. The lowest BCUT2D eigenvalue weighted by Crippen LogP contribution is -2.18. The van der Waals surface area contributed by atoms with Crippen molar-refractivity contribution in [2.24, 2.45) is 0 Å². The molecule has 0 amide bonds.